The summed E-state index contributed by atoms with van der Waals surface area (Å²) >= 11 is 3.44. The number of hydrogen-bond donors (Lipinski definition) is 1. The van der Waals surface area contributed by atoms with Crippen molar-refractivity contribution in [2.45, 2.75) is 6.92 Å². The molecule has 0 radical (unpaired) electrons. The lowest BCUT2D eigenvalue weighted by Crippen LogP contribution is -2.10. The number of halogens is 1. The van der Waals surface area contributed by atoms with Crippen LogP contribution in [0.1, 0.15) is 5.69 Å². The zero-order valence-electron chi connectivity index (χ0n) is 9.70. The van der Waals surface area contributed by atoms with E-state index < -0.39 is 0 Å². The smallest absolute Gasteiger partial charge is 0.224 e. The number of fused-ring (bicyclic) bond motifs is 1. The first kappa shape index (κ1) is 12.2. The number of rotatable bonds is 4. The number of anilines is 1. The van der Waals surface area contributed by atoms with Crippen LogP contribution in [0.4, 0.5) is 5.95 Å². The molecule has 0 aliphatic carbocycles. The normalized spacial score (nSPS) is 10.8. The van der Waals surface area contributed by atoms with Gasteiger partial charge >= 0.3 is 0 Å². The number of methoxy groups -OCH3 is 1. The Labute approximate surface area is 108 Å². The summed E-state index contributed by atoms with van der Waals surface area (Å²) < 4.78 is 5.91. The summed E-state index contributed by atoms with van der Waals surface area (Å²) in [6.45, 7) is 3.23. The lowest BCUT2D eigenvalue weighted by molar-refractivity contribution is 0.210. The highest BCUT2D eigenvalue weighted by atomic mass is 79.9. The Morgan fingerprint density at radius 3 is 3.00 bits per heavy atom. The molecule has 0 aromatic carbocycles. The quantitative estimate of drug-likeness (QED) is 0.876. The molecule has 6 heteroatoms. The van der Waals surface area contributed by atoms with E-state index in [2.05, 4.69) is 36.2 Å². The van der Waals surface area contributed by atoms with Crippen LogP contribution in [0.25, 0.3) is 11.0 Å². The SMILES string of the molecule is COCCNc1ncc2cc(Br)c(C)nc2n1. The van der Waals surface area contributed by atoms with Gasteiger partial charge in [-0.3, -0.25) is 0 Å². The van der Waals surface area contributed by atoms with Gasteiger partial charge in [0.1, 0.15) is 0 Å². The van der Waals surface area contributed by atoms with Crippen LogP contribution in [0.2, 0.25) is 0 Å². The maximum Gasteiger partial charge on any atom is 0.224 e. The van der Waals surface area contributed by atoms with Gasteiger partial charge < -0.3 is 10.1 Å². The zero-order chi connectivity index (χ0) is 12.3. The predicted molar refractivity (Wildman–Crippen MR) is 70.1 cm³/mol. The molecule has 2 aromatic rings. The third-order valence-corrected chi connectivity index (χ3v) is 3.09. The van der Waals surface area contributed by atoms with Crippen molar-refractivity contribution in [3.8, 4) is 0 Å². The monoisotopic (exact) mass is 296 g/mol. The molecule has 0 saturated heterocycles. The Balaban J connectivity index is 2.27. The second-order valence-corrected chi connectivity index (χ2v) is 4.44. The van der Waals surface area contributed by atoms with Crippen molar-refractivity contribution < 1.29 is 4.74 Å². The van der Waals surface area contributed by atoms with E-state index in [0.29, 0.717) is 24.7 Å². The standard InChI is InChI=1S/C11H13BrN4O/c1-7-9(12)5-8-6-14-11(13-3-4-17-2)16-10(8)15-7/h5-6H,3-4H2,1-2H3,(H,13,14,15,16). The van der Waals surface area contributed by atoms with Gasteiger partial charge in [0.15, 0.2) is 5.65 Å². The van der Waals surface area contributed by atoms with Crippen LogP contribution in [0.15, 0.2) is 16.7 Å². The molecule has 0 aliphatic heterocycles. The number of ether oxygens (including phenoxy) is 1. The summed E-state index contributed by atoms with van der Waals surface area (Å²) in [5, 5.41) is 3.99. The topological polar surface area (TPSA) is 59.9 Å². The molecule has 0 aliphatic rings. The predicted octanol–water partition coefficient (Wildman–Crippen LogP) is 2.15. The molecule has 0 amide bonds. The summed E-state index contributed by atoms with van der Waals surface area (Å²) in [5.74, 6) is 0.573. The van der Waals surface area contributed by atoms with Crippen molar-refractivity contribution in [3.05, 3.63) is 22.4 Å². The van der Waals surface area contributed by atoms with Crippen LogP contribution in [0.5, 0.6) is 0 Å². The maximum atomic E-state index is 4.95. The molecule has 0 bridgehead atoms. The van der Waals surface area contributed by atoms with Crippen molar-refractivity contribution in [1.82, 2.24) is 15.0 Å². The van der Waals surface area contributed by atoms with Crippen molar-refractivity contribution in [3.63, 3.8) is 0 Å². The molecular weight excluding hydrogens is 284 g/mol. The van der Waals surface area contributed by atoms with Gasteiger partial charge in [-0.15, -0.1) is 0 Å². The van der Waals surface area contributed by atoms with E-state index in [4.69, 9.17) is 4.74 Å². The summed E-state index contributed by atoms with van der Waals surface area (Å²) in [4.78, 5) is 12.9. The van der Waals surface area contributed by atoms with E-state index in [1.807, 2.05) is 13.0 Å². The number of pyridine rings is 1. The summed E-state index contributed by atoms with van der Waals surface area (Å²) in [6.07, 6.45) is 1.76. The maximum absolute atomic E-state index is 4.95. The summed E-state index contributed by atoms with van der Waals surface area (Å²) in [7, 11) is 1.66. The fourth-order valence-electron chi connectivity index (χ4n) is 1.38. The molecule has 1 N–H and O–H groups in total. The van der Waals surface area contributed by atoms with Crippen LogP contribution in [-0.2, 0) is 4.74 Å². The molecule has 2 rings (SSSR count). The van der Waals surface area contributed by atoms with E-state index in [0.717, 1.165) is 15.6 Å². The van der Waals surface area contributed by atoms with Crippen molar-refractivity contribution in [2.24, 2.45) is 0 Å². The zero-order valence-corrected chi connectivity index (χ0v) is 11.3. The molecule has 0 spiro atoms. The third kappa shape index (κ3) is 2.89. The molecule has 17 heavy (non-hydrogen) atoms. The van der Waals surface area contributed by atoms with E-state index in [9.17, 15) is 0 Å². The van der Waals surface area contributed by atoms with E-state index in [-0.39, 0.29) is 0 Å². The molecule has 0 fully saturated rings. The summed E-state index contributed by atoms with van der Waals surface area (Å²) in [6, 6.07) is 1.97. The Bertz CT molecular complexity index is 532. The van der Waals surface area contributed by atoms with Gasteiger partial charge in [0.05, 0.1) is 12.3 Å². The average Bonchev–Trinajstić information content (AvgIpc) is 2.31. The van der Waals surface area contributed by atoms with Crippen LogP contribution < -0.4 is 5.32 Å². The Kier molecular flexibility index (Phi) is 3.86. The largest absolute Gasteiger partial charge is 0.383 e. The fraction of sp³-hybridized carbons (Fsp3) is 0.364. The first-order valence-electron chi connectivity index (χ1n) is 5.23. The second kappa shape index (κ2) is 5.37. The van der Waals surface area contributed by atoms with Crippen LogP contribution in [0, 0.1) is 6.92 Å². The molecule has 0 unspecified atom stereocenters. The van der Waals surface area contributed by atoms with Crippen LogP contribution in [-0.4, -0.2) is 35.2 Å². The minimum Gasteiger partial charge on any atom is -0.383 e. The Hall–Kier alpha value is -1.27. The van der Waals surface area contributed by atoms with E-state index in [1.54, 1.807) is 13.3 Å². The number of aryl methyl sites for hydroxylation is 1. The van der Waals surface area contributed by atoms with Crippen molar-refractivity contribution in [1.29, 1.82) is 0 Å². The highest BCUT2D eigenvalue weighted by Gasteiger charge is 2.04. The lowest BCUT2D eigenvalue weighted by Gasteiger charge is -2.05. The Morgan fingerprint density at radius 2 is 2.24 bits per heavy atom. The van der Waals surface area contributed by atoms with Gasteiger partial charge in [-0.05, 0) is 28.9 Å². The van der Waals surface area contributed by atoms with Gasteiger partial charge in [0.2, 0.25) is 5.95 Å². The van der Waals surface area contributed by atoms with Crippen LogP contribution in [0.3, 0.4) is 0 Å². The molecule has 2 heterocycles. The number of nitrogens with one attached hydrogen (secondary N) is 1. The minimum atomic E-state index is 0.573. The first-order valence-corrected chi connectivity index (χ1v) is 6.02. The molecule has 90 valence electrons. The molecule has 2 aromatic heterocycles. The van der Waals surface area contributed by atoms with Gasteiger partial charge in [-0.2, -0.15) is 4.98 Å². The first-order chi connectivity index (χ1) is 8.20. The van der Waals surface area contributed by atoms with Crippen molar-refractivity contribution in [2.75, 3.05) is 25.6 Å². The molecular formula is C11H13BrN4O. The van der Waals surface area contributed by atoms with E-state index >= 15 is 0 Å². The molecule has 0 atom stereocenters. The lowest BCUT2D eigenvalue weighted by atomic mass is 10.3. The van der Waals surface area contributed by atoms with Gasteiger partial charge in [-0.1, -0.05) is 0 Å². The number of nitrogens with zero attached hydrogens (tertiary/aromatic N) is 3. The van der Waals surface area contributed by atoms with Crippen molar-refractivity contribution >= 4 is 32.9 Å². The third-order valence-electron chi connectivity index (χ3n) is 2.29. The minimum absolute atomic E-state index is 0.573. The average molecular weight is 297 g/mol. The molecule has 5 nitrogen and oxygen atoms in total. The second-order valence-electron chi connectivity index (χ2n) is 3.58. The fourth-order valence-corrected chi connectivity index (χ4v) is 1.71. The summed E-state index contributed by atoms with van der Waals surface area (Å²) in [5.41, 5.74) is 1.61. The Morgan fingerprint density at radius 1 is 1.41 bits per heavy atom. The van der Waals surface area contributed by atoms with Gasteiger partial charge in [0.25, 0.3) is 0 Å². The van der Waals surface area contributed by atoms with Gasteiger partial charge in [0, 0.05) is 29.7 Å². The highest BCUT2D eigenvalue weighted by Crippen LogP contribution is 2.19. The van der Waals surface area contributed by atoms with Crippen LogP contribution >= 0.6 is 15.9 Å². The van der Waals surface area contributed by atoms with Gasteiger partial charge in [-0.25, -0.2) is 9.97 Å². The number of aromatic nitrogens is 3. The van der Waals surface area contributed by atoms with E-state index in [1.165, 1.54) is 0 Å². The highest BCUT2D eigenvalue weighted by molar-refractivity contribution is 9.10. The molecule has 0 saturated carbocycles. The number of hydrogen-bond acceptors (Lipinski definition) is 5.